The zero-order chi connectivity index (χ0) is 16.1. The molecule has 0 spiro atoms. The quantitative estimate of drug-likeness (QED) is 0.678. The number of benzene rings is 1. The smallest absolute Gasteiger partial charge is 0.339 e. The average molecular weight is 308 g/mol. The number of ether oxygens (including phenoxy) is 1. The van der Waals surface area contributed by atoms with Crippen molar-refractivity contribution in [2.24, 2.45) is 0 Å². The third kappa shape index (κ3) is 3.60. The van der Waals surface area contributed by atoms with Crippen molar-refractivity contribution in [1.82, 2.24) is 19.7 Å². The highest BCUT2D eigenvalue weighted by Gasteiger charge is 2.17. The van der Waals surface area contributed by atoms with Crippen LogP contribution in [0.15, 0.2) is 61.3 Å². The molecule has 6 nitrogen and oxygen atoms in total. The minimum Gasteiger partial charge on any atom is -0.453 e. The summed E-state index contributed by atoms with van der Waals surface area (Å²) in [6.07, 6.45) is 4.34. The van der Waals surface area contributed by atoms with Gasteiger partial charge in [0.2, 0.25) is 0 Å². The Balaban J connectivity index is 1.77. The Morgan fingerprint density at radius 3 is 2.78 bits per heavy atom. The SMILES string of the molecule is CC(OC(=O)c1ccccc1Cn1cncn1)c1ccccn1. The number of nitrogens with zero attached hydrogens (tertiary/aromatic N) is 4. The van der Waals surface area contributed by atoms with Crippen LogP contribution >= 0.6 is 0 Å². The maximum atomic E-state index is 12.5. The molecule has 3 aromatic rings. The van der Waals surface area contributed by atoms with Gasteiger partial charge in [0, 0.05) is 6.20 Å². The maximum Gasteiger partial charge on any atom is 0.339 e. The molecule has 116 valence electrons. The molecule has 3 rings (SSSR count). The van der Waals surface area contributed by atoms with Gasteiger partial charge >= 0.3 is 5.97 Å². The molecule has 0 radical (unpaired) electrons. The molecule has 0 aliphatic rings. The standard InChI is InChI=1S/C17H16N4O2/c1-13(16-8-4-5-9-19-16)23-17(22)15-7-3-2-6-14(15)10-21-12-18-11-20-21/h2-9,11-13H,10H2,1H3. The van der Waals surface area contributed by atoms with Gasteiger partial charge in [0.05, 0.1) is 17.8 Å². The Bertz CT molecular complexity index is 772. The van der Waals surface area contributed by atoms with E-state index in [0.717, 1.165) is 11.3 Å². The summed E-state index contributed by atoms with van der Waals surface area (Å²) in [4.78, 5) is 20.6. The molecule has 1 atom stereocenters. The minimum atomic E-state index is -0.414. The Labute approximate surface area is 133 Å². The number of aromatic nitrogens is 4. The Morgan fingerprint density at radius 1 is 1.22 bits per heavy atom. The van der Waals surface area contributed by atoms with Crippen LogP contribution in [0.4, 0.5) is 0 Å². The number of hydrogen-bond donors (Lipinski definition) is 0. The van der Waals surface area contributed by atoms with E-state index in [1.165, 1.54) is 6.33 Å². The van der Waals surface area contributed by atoms with E-state index in [4.69, 9.17) is 4.74 Å². The zero-order valence-corrected chi connectivity index (χ0v) is 12.7. The van der Waals surface area contributed by atoms with Crippen LogP contribution in [0.2, 0.25) is 0 Å². The van der Waals surface area contributed by atoms with Crippen molar-refractivity contribution in [1.29, 1.82) is 0 Å². The van der Waals surface area contributed by atoms with Crippen molar-refractivity contribution < 1.29 is 9.53 Å². The van der Waals surface area contributed by atoms with E-state index in [1.54, 1.807) is 30.2 Å². The van der Waals surface area contributed by atoms with E-state index in [2.05, 4.69) is 15.1 Å². The minimum absolute atomic E-state index is 0.376. The van der Waals surface area contributed by atoms with Crippen LogP contribution in [0.25, 0.3) is 0 Å². The molecule has 0 saturated heterocycles. The van der Waals surface area contributed by atoms with Crippen molar-refractivity contribution in [3.8, 4) is 0 Å². The molecule has 0 N–H and O–H groups in total. The molecule has 6 heteroatoms. The highest BCUT2D eigenvalue weighted by molar-refractivity contribution is 5.91. The fraction of sp³-hybridized carbons (Fsp3) is 0.176. The van der Waals surface area contributed by atoms with Crippen molar-refractivity contribution in [2.45, 2.75) is 19.6 Å². The molecule has 0 saturated carbocycles. The average Bonchev–Trinajstić information content (AvgIpc) is 3.09. The first-order chi connectivity index (χ1) is 11.2. The van der Waals surface area contributed by atoms with Gasteiger partial charge in [-0.15, -0.1) is 0 Å². The summed E-state index contributed by atoms with van der Waals surface area (Å²) in [6, 6.07) is 12.8. The summed E-state index contributed by atoms with van der Waals surface area (Å²) < 4.78 is 7.20. The van der Waals surface area contributed by atoms with Gasteiger partial charge in [-0.2, -0.15) is 5.10 Å². The summed E-state index contributed by atoms with van der Waals surface area (Å²) in [5.74, 6) is -0.376. The molecule has 1 aromatic carbocycles. The molecule has 2 aromatic heterocycles. The summed E-state index contributed by atoms with van der Waals surface area (Å²) in [5.41, 5.74) is 2.07. The second-order valence-electron chi connectivity index (χ2n) is 5.05. The number of esters is 1. The zero-order valence-electron chi connectivity index (χ0n) is 12.7. The van der Waals surface area contributed by atoms with Crippen LogP contribution in [0.5, 0.6) is 0 Å². The van der Waals surface area contributed by atoms with E-state index in [-0.39, 0.29) is 5.97 Å². The third-order valence-electron chi connectivity index (χ3n) is 3.42. The second kappa shape index (κ2) is 6.83. The van der Waals surface area contributed by atoms with Gasteiger partial charge in [-0.3, -0.25) is 4.98 Å². The van der Waals surface area contributed by atoms with Crippen LogP contribution in [0.3, 0.4) is 0 Å². The van der Waals surface area contributed by atoms with Gasteiger partial charge < -0.3 is 4.74 Å². The van der Waals surface area contributed by atoms with Crippen molar-refractivity contribution in [2.75, 3.05) is 0 Å². The summed E-state index contributed by atoms with van der Waals surface area (Å²) >= 11 is 0. The Kier molecular flexibility index (Phi) is 4.42. The molecule has 23 heavy (non-hydrogen) atoms. The normalized spacial score (nSPS) is 11.9. The summed E-state index contributed by atoms with van der Waals surface area (Å²) in [5, 5.41) is 4.06. The predicted octanol–water partition coefficient (Wildman–Crippen LogP) is 2.64. The fourth-order valence-electron chi connectivity index (χ4n) is 2.25. The number of pyridine rings is 1. The molecule has 0 aliphatic heterocycles. The molecule has 0 bridgehead atoms. The number of carbonyl (C=O) groups excluding carboxylic acids is 1. The van der Waals surface area contributed by atoms with Gasteiger partial charge in [0.15, 0.2) is 0 Å². The summed E-state index contributed by atoms with van der Waals surface area (Å²) in [6.45, 7) is 2.27. The second-order valence-corrected chi connectivity index (χ2v) is 5.05. The van der Waals surface area contributed by atoms with Gasteiger partial charge in [0.1, 0.15) is 18.8 Å². The van der Waals surface area contributed by atoms with Crippen molar-refractivity contribution >= 4 is 5.97 Å². The highest BCUT2D eigenvalue weighted by atomic mass is 16.5. The van der Waals surface area contributed by atoms with Gasteiger partial charge in [0.25, 0.3) is 0 Å². The maximum absolute atomic E-state index is 12.5. The number of rotatable bonds is 5. The lowest BCUT2D eigenvalue weighted by atomic mass is 10.1. The number of hydrogen-bond acceptors (Lipinski definition) is 5. The van der Waals surface area contributed by atoms with Gasteiger partial charge in [-0.05, 0) is 30.7 Å². The lowest BCUT2D eigenvalue weighted by molar-refractivity contribution is 0.0328. The Morgan fingerprint density at radius 2 is 2.04 bits per heavy atom. The molecule has 0 fully saturated rings. The largest absolute Gasteiger partial charge is 0.453 e. The first kappa shape index (κ1) is 14.9. The van der Waals surface area contributed by atoms with Crippen LogP contribution in [0, 0.1) is 0 Å². The van der Waals surface area contributed by atoms with E-state index in [1.807, 2.05) is 36.4 Å². The van der Waals surface area contributed by atoms with E-state index < -0.39 is 6.10 Å². The lowest BCUT2D eigenvalue weighted by Crippen LogP contribution is -2.13. The van der Waals surface area contributed by atoms with E-state index in [9.17, 15) is 4.79 Å². The van der Waals surface area contributed by atoms with Gasteiger partial charge in [-0.1, -0.05) is 24.3 Å². The third-order valence-corrected chi connectivity index (χ3v) is 3.42. The first-order valence-electron chi connectivity index (χ1n) is 7.26. The lowest BCUT2D eigenvalue weighted by Gasteiger charge is -2.14. The van der Waals surface area contributed by atoms with Crippen LogP contribution in [-0.2, 0) is 11.3 Å². The first-order valence-corrected chi connectivity index (χ1v) is 7.26. The molecule has 0 aliphatic carbocycles. The highest BCUT2D eigenvalue weighted by Crippen LogP contribution is 2.18. The van der Waals surface area contributed by atoms with E-state index in [0.29, 0.717) is 12.1 Å². The Hall–Kier alpha value is -3.02. The molecule has 1 unspecified atom stereocenters. The molecular formula is C17H16N4O2. The van der Waals surface area contributed by atoms with Gasteiger partial charge in [-0.25, -0.2) is 14.5 Å². The fourth-order valence-corrected chi connectivity index (χ4v) is 2.25. The van der Waals surface area contributed by atoms with Crippen LogP contribution in [0.1, 0.15) is 34.6 Å². The van der Waals surface area contributed by atoms with Crippen LogP contribution < -0.4 is 0 Å². The monoisotopic (exact) mass is 308 g/mol. The molecule has 2 heterocycles. The molecule has 0 amide bonds. The molecular weight excluding hydrogens is 292 g/mol. The number of carbonyl (C=O) groups is 1. The van der Waals surface area contributed by atoms with E-state index >= 15 is 0 Å². The predicted molar refractivity (Wildman–Crippen MR) is 83.6 cm³/mol. The van der Waals surface area contributed by atoms with Crippen molar-refractivity contribution in [3.63, 3.8) is 0 Å². The topological polar surface area (TPSA) is 69.9 Å². The summed E-state index contributed by atoms with van der Waals surface area (Å²) in [7, 11) is 0. The van der Waals surface area contributed by atoms with Crippen molar-refractivity contribution in [3.05, 3.63) is 78.1 Å². The van der Waals surface area contributed by atoms with Crippen LogP contribution in [-0.4, -0.2) is 25.7 Å².